The highest BCUT2D eigenvalue weighted by Crippen LogP contribution is 2.18. The highest BCUT2D eigenvalue weighted by Gasteiger charge is 2.30. The highest BCUT2D eigenvalue weighted by molar-refractivity contribution is 5.82. The average molecular weight is 240 g/mol. The molecule has 2 aliphatic heterocycles. The first-order valence-electron chi connectivity index (χ1n) is 6.84. The van der Waals surface area contributed by atoms with Crippen molar-refractivity contribution in [2.24, 2.45) is 5.92 Å². The molecule has 2 fully saturated rings. The van der Waals surface area contributed by atoms with Gasteiger partial charge in [-0.2, -0.15) is 0 Å². The van der Waals surface area contributed by atoms with Crippen molar-refractivity contribution in [1.29, 1.82) is 0 Å². The third-order valence-electron chi connectivity index (χ3n) is 3.94. The molecule has 4 atom stereocenters. The quantitative estimate of drug-likeness (QED) is 0.775. The number of carbonyl (C=O) groups excluding carboxylic acids is 1. The number of hydrogen-bond donors (Lipinski definition) is 2. The molecule has 0 radical (unpaired) electrons. The van der Waals surface area contributed by atoms with Crippen LogP contribution in [0.4, 0.5) is 0 Å². The summed E-state index contributed by atoms with van der Waals surface area (Å²) >= 11 is 0. The van der Waals surface area contributed by atoms with E-state index in [2.05, 4.69) is 17.6 Å². The second-order valence-corrected chi connectivity index (χ2v) is 5.40. The van der Waals surface area contributed by atoms with Crippen molar-refractivity contribution < 1.29 is 9.53 Å². The molecule has 0 aromatic heterocycles. The molecule has 0 aliphatic carbocycles. The third kappa shape index (κ3) is 3.19. The van der Waals surface area contributed by atoms with Gasteiger partial charge in [0.25, 0.3) is 0 Å². The molecule has 4 nitrogen and oxygen atoms in total. The minimum Gasteiger partial charge on any atom is -0.376 e. The molecule has 0 bridgehead atoms. The molecule has 4 unspecified atom stereocenters. The van der Waals surface area contributed by atoms with Crippen LogP contribution in [0.15, 0.2) is 0 Å². The van der Waals surface area contributed by atoms with E-state index in [0.29, 0.717) is 5.92 Å². The van der Waals surface area contributed by atoms with Crippen LogP contribution < -0.4 is 10.6 Å². The van der Waals surface area contributed by atoms with Gasteiger partial charge >= 0.3 is 0 Å². The lowest BCUT2D eigenvalue weighted by Gasteiger charge is -2.31. The summed E-state index contributed by atoms with van der Waals surface area (Å²) in [5.41, 5.74) is 0. The third-order valence-corrected chi connectivity index (χ3v) is 3.94. The van der Waals surface area contributed by atoms with Gasteiger partial charge in [-0.05, 0) is 45.1 Å². The Hall–Kier alpha value is -0.610. The van der Waals surface area contributed by atoms with E-state index in [1.807, 2.05) is 6.92 Å². The average Bonchev–Trinajstić information content (AvgIpc) is 2.82. The van der Waals surface area contributed by atoms with Gasteiger partial charge in [0.05, 0.1) is 18.2 Å². The normalized spacial score (nSPS) is 35.5. The number of ether oxygens (including phenoxy) is 1. The van der Waals surface area contributed by atoms with Crippen LogP contribution in [0.3, 0.4) is 0 Å². The second kappa shape index (κ2) is 5.83. The summed E-state index contributed by atoms with van der Waals surface area (Å²) in [6, 6.07) is 0.105. The van der Waals surface area contributed by atoms with E-state index in [-0.39, 0.29) is 24.1 Å². The largest absolute Gasteiger partial charge is 0.376 e. The lowest BCUT2D eigenvalue weighted by Crippen LogP contribution is -2.54. The molecule has 2 N–H and O–H groups in total. The number of rotatable bonds is 3. The summed E-state index contributed by atoms with van der Waals surface area (Å²) in [6.45, 7) is 5.98. The van der Waals surface area contributed by atoms with Crippen LogP contribution >= 0.6 is 0 Å². The maximum atomic E-state index is 12.1. The Bertz CT molecular complexity index is 264. The molecule has 2 heterocycles. The van der Waals surface area contributed by atoms with Gasteiger partial charge in [-0.1, -0.05) is 6.92 Å². The number of nitrogens with one attached hydrogen (secondary N) is 2. The lowest BCUT2D eigenvalue weighted by atomic mass is 9.92. The number of piperidine rings is 1. The van der Waals surface area contributed by atoms with Gasteiger partial charge in [-0.3, -0.25) is 4.79 Å². The summed E-state index contributed by atoms with van der Waals surface area (Å²) in [5, 5.41) is 6.41. The molecule has 0 spiro atoms. The summed E-state index contributed by atoms with van der Waals surface area (Å²) in [4.78, 5) is 12.1. The fraction of sp³-hybridized carbons (Fsp3) is 0.923. The van der Waals surface area contributed by atoms with Crippen LogP contribution in [0.5, 0.6) is 0 Å². The maximum absolute atomic E-state index is 12.1. The SMILES string of the molecule is CC1CCCNC1C(=O)NC(C)C1CCCO1. The predicted octanol–water partition coefficient (Wildman–Crippen LogP) is 1.06. The highest BCUT2D eigenvalue weighted by atomic mass is 16.5. The Labute approximate surface area is 103 Å². The van der Waals surface area contributed by atoms with E-state index in [1.54, 1.807) is 0 Å². The van der Waals surface area contributed by atoms with Crippen molar-refractivity contribution in [2.75, 3.05) is 13.2 Å². The molecule has 0 aromatic carbocycles. The zero-order valence-electron chi connectivity index (χ0n) is 10.9. The molecule has 0 saturated carbocycles. The minimum atomic E-state index is -0.0207. The summed E-state index contributed by atoms with van der Waals surface area (Å²) < 4.78 is 5.59. The van der Waals surface area contributed by atoms with Crippen LogP contribution in [0.1, 0.15) is 39.5 Å². The monoisotopic (exact) mass is 240 g/mol. The zero-order valence-corrected chi connectivity index (χ0v) is 10.9. The molecular weight excluding hydrogens is 216 g/mol. The molecule has 4 heteroatoms. The van der Waals surface area contributed by atoms with E-state index < -0.39 is 0 Å². The van der Waals surface area contributed by atoms with E-state index in [4.69, 9.17) is 4.74 Å². The molecular formula is C13H24N2O2. The van der Waals surface area contributed by atoms with Crippen LogP contribution in [0, 0.1) is 5.92 Å². The van der Waals surface area contributed by atoms with Crippen LogP contribution in [0.2, 0.25) is 0 Å². The topological polar surface area (TPSA) is 50.4 Å². The van der Waals surface area contributed by atoms with Crippen molar-refractivity contribution in [1.82, 2.24) is 10.6 Å². The van der Waals surface area contributed by atoms with Gasteiger partial charge in [-0.25, -0.2) is 0 Å². The number of amides is 1. The van der Waals surface area contributed by atoms with Gasteiger partial charge in [0.1, 0.15) is 0 Å². The van der Waals surface area contributed by atoms with Gasteiger partial charge in [-0.15, -0.1) is 0 Å². The molecule has 17 heavy (non-hydrogen) atoms. The van der Waals surface area contributed by atoms with E-state index in [9.17, 15) is 4.79 Å². The molecule has 2 rings (SSSR count). The van der Waals surface area contributed by atoms with Crippen molar-refractivity contribution >= 4 is 5.91 Å². The van der Waals surface area contributed by atoms with Crippen LogP contribution in [0.25, 0.3) is 0 Å². The van der Waals surface area contributed by atoms with E-state index >= 15 is 0 Å². The second-order valence-electron chi connectivity index (χ2n) is 5.40. The summed E-state index contributed by atoms with van der Waals surface area (Å²) in [5.74, 6) is 0.570. The predicted molar refractivity (Wildman–Crippen MR) is 66.8 cm³/mol. The van der Waals surface area contributed by atoms with Gasteiger partial charge in [0, 0.05) is 6.61 Å². The summed E-state index contributed by atoms with van der Waals surface area (Å²) in [7, 11) is 0. The molecule has 2 aliphatic rings. The van der Waals surface area contributed by atoms with E-state index in [0.717, 1.165) is 32.4 Å². The van der Waals surface area contributed by atoms with E-state index in [1.165, 1.54) is 6.42 Å². The Morgan fingerprint density at radius 2 is 2.24 bits per heavy atom. The zero-order chi connectivity index (χ0) is 12.3. The standard InChI is InChI=1S/C13H24N2O2/c1-9-5-3-7-14-12(9)13(16)15-10(2)11-6-4-8-17-11/h9-12,14H,3-8H2,1-2H3,(H,15,16). The van der Waals surface area contributed by atoms with Gasteiger partial charge in [0.2, 0.25) is 5.91 Å². The smallest absolute Gasteiger partial charge is 0.237 e. The van der Waals surface area contributed by atoms with Gasteiger partial charge in [0.15, 0.2) is 0 Å². The molecule has 0 aromatic rings. The van der Waals surface area contributed by atoms with Crippen molar-refractivity contribution in [3.05, 3.63) is 0 Å². The first-order valence-corrected chi connectivity index (χ1v) is 6.84. The minimum absolute atomic E-state index is 0.0207. The Morgan fingerprint density at radius 3 is 2.88 bits per heavy atom. The van der Waals surface area contributed by atoms with Crippen LogP contribution in [-0.2, 0) is 9.53 Å². The van der Waals surface area contributed by atoms with Gasteiger partial charge < -0.3 is 15.4 Å². The van der Waals surface area contributed by atoms with Crippen molar-refractivity contribution in [3.63, 3.8) is 0 Å². The molecule has 98 valence electrons. The Kier molecular flexibility index (Phi) is 4.40. The fourth-order valence-electron chi connectivity index (χ4n) is 2.80. The summed E-state index contributed by atoms with van der Waals surface area (Å²) in [6.07, 6.45) is 4.70. The molecule has 2 saturated heterocycles. The fourth-order valence-corrected chi connectivity index (χ4v) is 2.80. The number of carbonyl (C=O) groups is 1. The lowest BCUT2D eigenvalue weighted by molar-refractivity contribution is -0.126. The Balaban J connectivity index is 1.82. The van der Waals surface area contributed by atoms with Crippen LogP contribution in [-0.4, -0.2) is 37.2 Å². The molecule has 1 amide bonds. The first kappa shape index (κ1) is 12.8. The first-order chi connectivity index (χ1) is 8.18. The number of hydrogen-bond acceptors (Lipinski definition) is 3. The Morgan fingerprint density at radius 1 is 1.41 bits per heavy atom. The maximum Gasteiger partial charge on any atom is 0.237 e. The van der Waals surface area contributed by atoms with Crippen molar-refractivity contribution in [3.8, 4) is 0 Å². The van der Waals surface area contributed by atoms with Crippen molar-refractivity contribution in [2.45, 2.75) is 57.7 Å².